The summed E-state index contributed by atoms with van der Waals surface area (Å²) in [6, 6.07) is 13.7. The van der Waals surface area contributed by atoms with Crippen molar-refractivity contribution in [2.45, 2.75) is 18.1 Å². The molecule has 2 aromatic heterocycles. The molecule has 27 heavy (non-hydrogen) atoms. The predicted molar refractivity (Wildman–Crippen MR) is 104 cm³/mol. The van der Waals surface area contributed by atoms with Crippen LogP contribution in [0.3, 0.4) is 0 Å². The molecule has 6 heteroatoms. The molecule has 0 spiro atoms. The number of piperidine rings is 1. The van der Waals surface area contributed by atoms with E-state index in [2.05, 4.69) is 9.88 Å². The molecule has 140 valence electrons. The monoisotopic (exact) mass is 364 g/mol. The fourth-order valence-electron chi connectivity index (χ4n) is 4.18. The van der Waals surface area contributed by atoms with E-state index < -0.39 is 11.6 Å². The van der Waals surface area contributed by atoms with Crippen LogP contribution in [0.4, 0.5) is 0 Å². The number of aliphatic hydroxyl groups is 1. The number of benzene rings is 1. The van der Waals surface area contributed by atoms with Crippen LogP contribution < -0.4 is 0 Å². The van der Waals surface area contributed by atoms with Gasteiger partial charge in [-0.1, -0.05) is 30.3 Å². The summed E-state index contributed by atoms with van der Waals surface area (Å²) in [6.45, 7) is 0.888. The van der Waals surface area contributed by atoms with Gasteiger partial charge in [-0.2, -0.15) is 0 Å². The standard InChI is InChI=1S/C21H24N4O2/c1-23(2)21(17-6-4-3-5-7-17)10-12-25(15-18(21)26)20(27)16-8-9-19-22-11-13-24(19)14-16/h3-9,11,13-14,18,26H,10,12,15H2,1-2H3/t18-,21+/m1/s1. The molecule has 1 fully saturated rings. The SMILES string of the molecule is CN(C)[C@]1(c2ccccc2)CCN(C(=O)c2ccc3nccn3c2)C[C@H]1O. The van der Waals surface area contributed by atoms with Crippen LogP contribution in [0.2, 0.25) is 0 Å². The average Bonchev–Trinajstić information content (AvgIpc) is 3.15. The fraction of sp³-hybridized carbons (Fsp3) is 0.333. The lowest BCUT2D eigenvalue weighted by atomic mass is 9.77. The molecule has 3 heterocycles. The number of pyridine rings is 1. The molecular formula is C21H24N4O2. The van der Waals surface area contributed by atoms with Crippen LogP contribution in [0, 0.1) is 0 Å². The zero-order chi connectivity index (χ0) is 19.0. The Hall–Kier alpha value is -2.70. The molecule has 0 radical (unpaired) electrons. The Morgan fingerprint density at radius 3 is 2.70 bits per heavy atom. The highest BCUT2D eigenvalue weighted by Gasteiger charge is 2.46. The van der Waals surface area contributed by atoms with Gasteiger partial charge in [0, 0.05) is 31.7 Å². The first kappa shape index (κ1) is 17.7. The Labute approximate surface area is 158 Å². The number of β-amino-alcohol motifs (C(OH)–C–C–N with tert-alkyl or cyclic N) is 1. The van der Waals surface area contributed by atoms with Crippen molar-refractivity contribution in [2.24, 2.45) is 0 Å². The maximum absolute atomic E-state index is 13.0. The molecule has 3 aromatic rings. The highest BCUT2D eigenvalue weighted by Crippen LogP contribution is 2.37. The fourth-order valence-corrected chi connectivity index (χ4v) is 4.18. The number of likely N-dealkylation sites (tertiary alicyclic amines) is 1. The van der Waals surface area contributed by atoms with Crippen molar-refractivity contribution in [3.05, 3.63) is 72.2 Å². The second kappa shape index (κ2) is 6.79. The summed E-state index contributed by atoms with van der Waals surface area (Å²) in [6.07, 6.45) is 5.32. The molecule has 1 aromatic carbocycles. The molecule has 1 aliphatic rings. The lowest BCUT2D eigenvalue weighted by molar-refractivity contribution is -0.0612. The maximum Gasteiger partial charge on any atom is 0.255 e. The normalized spacial score (nSPS) is 23.1. The van der Waals surface area contributed by atoms with Gasteiger partial charge in [-0.25, -0.2) is 4.98 Å². The first-order chi connectivity index (χ1) is 13.0. The van der Waals surface area contributed by atoms with Gasteiger partial charge in [0.05, 0.1) is 17.2 Å². The second-order valence-electron chi connectivity index (χ2n) is 7.31. The summed E-state index contributed by atoms with van der Waals surface area (Å²) in [5.41, 5.74) is 1.99. The van der Waals surface area contributed by atoms with E-state index in [0.717, 1.165) is 11.2 Å². The summed E-state index contributed by atoms with van der Waals surface area (Å²) >= 11 is 0. The summed E-state index contributed by atoms with van der Waals surface area (Å²) in [7, 11) is 3.97. The van der Waals surface area contributed by atoms with Crippen molar-refractivity contribution >= 4 is 11.6 Å². The highest BCUT2D eigenvalue weighted by molar-refractivity contribution is 5.94. The van der Waals surface area contributed by atoms with E-state index in [1.807, 2.05) is 61.1 Å². The average molecular weight is 364 g/mol. The number of carbonyl (C=O) groups excluding carboxylic acids is 1. The van der Waals surface area contributed by atoms with E-state index in [1.165, 1.54) is 0 Å². The zero-order valence-electron chi connectivity index (χ0n) is 15.6. The first-order valence-corrected chi connectivity index (χ1v) is 9.15. The lowest BCUT2D eigenvalue weighted by Crippen LogP contribution is -2.60. The van der Waals surface area contributed by atoms with Crippen LogP contribution in [0.15, 0.2) is 61.1 Å². The number of aromatic nitrogens is 2. The van der Waals surface area contributed by atoms with E-state index in [-0.39, 0.29) is 5.91 Å². The molecule has 0 bridgehead atoms. The van der Waals surface area contributed by atoms with Crippen molar-refractivity contribution < 1.29 is 9.90 Å². The summed E-state index contributed by atoms with van der Waals surface area (Å²) in [5, 5.41) is 11.1. The number of likely N-dealkylation sites (N-methyl/N-ethyl adjacent to an activating group) is 1. The van der Waals surface area contributed by atoms with Gasteiger partial charge in [0.15, 0.2) is 0 Å². The number of carbonyl (C=O) groups is 1. The molecule has 1 amide bonds. The van der Waals surface area contributed by atoms with Gasteiger partial charge in [-0.05, 0) is 38.2 Å². The molecule has 2 atom stereocenters. The van der Waals surface area contributed by atoms with E-state index in [4.69, 9.17) is 0 Å². The van der Waals surface area contributed by atoms with Crippen molar-refractivity contribution in [3.8, 4) is 0 Å². The highest BCUT2D eigenvalue weighted by atomic mass is 16.3. The predicted octanol–water partition coefficient (Wildman–Crippen LogP) is 2.00. The van der Waals surface area contributed by atoms with Gasteiger partial charge in [0.25, 0.3) is 5.91 Å². The number of aliphatic hydroxyl groups excluding tert-OH is 1. The van der Waals surface area contributed by atoms with Crippen LogP contribution in [-0.2, 0) is 5.54 Å². The first-order valence-electron chi connectivity index (χ1n) is 9.15. The van der Waals surface area contributed by atoms with Crippen molar-refractivity contribution in [1.29, 1.82) is 0 Å². The molecule has 0 saturated carbocycles. The zero-order valence-corrected chi connectivity index (χ0v) is 15.6. The summed E-state index contributed by atoms with van der Waals surface area (Å²) < 4.78 is 1.84. The van der Waals surface area contributed by atoms with E-state index in [1.54, 1.807) is 23.4 Å². The third-order valence-corrected chi connectivity index (χ3v) is 5.70. The van der Waals surface area contributed by atoms with Crippen LogP contribution in [0.1, 0.15) is 22.3 Å². The summed E-state index contributed by atoms with van der Waals surface area (Å²) in [4.78, 5) is 21.0. The largest absolute Gasteiger partial charge is 0.389 e. The lowest BCUT2D eigenvalue weighted by Gasteiger charge is -2.49. The Morgan fingerprint density at radius 2 is 2.00 bits per heavy atom. The number of hydrogen-bond acceptors (Lipinski definition) is 4. The van der Waals surface area contributed by atoms with Crippen LogP contribution in [0.5, 0.6) is 0 Å². The number of nitrogens with zero attached hydrogens (tertiary/aromatic N) is 4. The van der Waals surface area contributed by atoms with E-state index in [9.17, 15) is 9.90 Å². The number of amides is 1. The molecule has 1 aliphatic heterocycles. The van der Waals surface area contributed by atoms with Crippen molar-refractivity contribution in [2.75, 3.05) is 27.2 Å². The molecule has 1 N–H and O–H groups in total. The quantitative estimate of drug-likeness (QED) is 0.772. The Morgan fingerprint density at radius 1 is 1.22 bits per heavy atom. The van der Waals surface area contributed by atoms with Gasteiger partial charge in [-0.3, -0.25) is 9.69 Å². The Kier molecular flexibility index (Phi) is 4.45. The van der Waals surface area contributed by atoms with Gasteiger partial charge in [0.2, 0.25) is 0 Å². The third-order valence-electron chi connectivity index (χ3n) is 5.70. The molecule has 0 aliphatic carbocycles. The Balaban J connectivity index is 1.59. The van der Waals surface area contributed by atoms with Crippen LogP contribution in [-0.4, -0.2) is 63.5 Å². The molecule has 6 nitrogen and oxygen atoms in total. The van der Waals surface area contributed by atoms with Crippen molar-refractivity contribution in [1.82, 2.24) is 19.2 Å². The van der Waals surface area contributed by atoms with E-state index >= 15 is 0 Å². The summed E-state index contributed by atoms with van der Waals surface area (Å²) in [5.74, 6) is -0.0648. The second-order valence-corrected chi connectivity index (χ2v) is 7.31. The smallest absolute Gasteiger partial charge is 0.255 e. The van der Waals surface area contributed by atoms with Gasteiger partial charge in [0.1, 0.15) is 5.65 Å². The van der Waals surface area contributed by atoms with E-state index in [0.29, 0.717) is 25.1 Å². The number of hydrogen-bond donors (Lipinski definition) is 1. The van der Waals surface area contributed by atoms with Crippen molar-refractivity contribution in [3.63, 3.8) is 0 Å². The minimum absolute atomic E-state index is 0.0648. The minimum Gasteiger partial charge on any atom is -0.389 e. The van der Waals surface area contributed by atoms with Crippen LogP contribution >= 0.6 is 0 Å². The number of imidazole rings is 1. The maximum atomic E-state index is 13.0. The Bertz CT molecular complexity index is 953. The molecule has 4 rings (SSSR count). The van der Waals surface area contributed by atoms with Gasteiger partial charge < -0.3 is 14.4 Å². The molecule has 1 saturated heterocycles. The number of rotatable bonds is 3. The minimum atomic E-state index is -0.676. The third kappa shape index (κ3) is 2.91. The number of fused-ring (bicyclic) bond motifs is 1. The van der Waals surface area contributed by atoms with Gasteiger partial charge >= 0.3 is 0 Å². The van der Waals surface area contributed by atoms with Gasteiger partial charge in [-0.15, -0.1) is 0 Å². The molecule has 0 unspecified atom stereocenters. The molecular weight excluding hydrogens is 340 g/mol. The van der Waals surface area contributed by atoms with Crippen LogP contribution in [0.25, 0.3) is 5.65 Å². The topological polar surface area (TPSA) is 61.1 Å².